The van der Waals surface area contributed by atoms with Crippen LogP contribution in [0, 0.1) is 5.92 Å². The van der Waals surface area contributed by atoms with Gasteiger partial charge < -0.3 is 5.32 Å². The zero-order valence-electron chi connectivity index (χ0n) is 9.31. The molecule has 1 aromatic carbocycles. The maximum absolute atomic E-state index is 12.1. The lowest BCUT2D eigenvalue weighted by atomic mass is 10.1. The number of carbonyl (C=O) groups is 1. The summed E-state index contributed by atoms with van der Waals surface area (Å²) < 4.78 is 0. The summed E-state index contributed by atoms with van der Waals surface area (Å²) in [5.41, 5.74) is 0.827. The third-order valence-corrected chi connectivity index (χ3v) is 2.95. The topological polar surface area (TPSA) is 32.3 Å². The van der Waals surface area contributed by atoms with Gasteiger partial charge in [-0.1, -0.05) is 32.0 Å². The van der Waals surface area contributed by atoms with Gasteiger partial charge in [-0.05, 0) is 30.3 Å². The van der Waals surface area contributed by atoms with Crippen molar-refractivity contribution in [1.82, 2.24) is 5.32 Å². The lowest BCUT2D eigenvalue weighted by Crippen LogP contribution is -2.34. The average Bonchev–Trinajstić information content (AvgIpc) is 2.56. The first-order chi connectivity index (χ1) is 7.61. The number of amides is 1. The van der Waals surface area contributed by atoms with Crippen LogP contribution in [-0.2, 0) is 4.79 Å². The number of carbonyl (C=O) groups excluding carboxylic acids is 1. The third-order valence-electron chi connectivity index (χ3n) is 2.65. The third kappa shape index (κ3) is 1.80. The number of anilines is 1. The Labute approximate surface area is 100 Å². The van der Waals surface area contributed by atoms with E-state index in [4.69, 9.17) is 12.2 Å². The summed E-state index contributed by atoms with van der Waals surface area (Å²) >= 11 is 5.19. The van der Waals surface area contributed by atoms with E-state index in [0.717, 1.165) is 5.69 Å². The van der Waals surface area contributed by atoms with Gasteiger partial charge in [0.05, 0.1) is 5.69 Å². The lowest BCUT2D eigenvalue weighted by molar-refractivity contribution is -0.119. The van der Waals surface area contributed by atoms with Crippen molar-refractivity contribution in [2.75, 3.05) is 4.90 Å². The van der Waals surface area contributed by atoms with Crippen molar-refractivity contribution >= 4 is 28.9 Å². The fourth-order valence-electron chi connectivity index (χ4n) is 1.77. The molecule has 1 N–H and O–H groups in total. The molecule has 2 rings (SSSR count). The smallest absolute Gasteiger partial charge is 0.256 e. The number of para-hydroxylation sites is 1. The van der Waals surface area contributed by atoms with Crippen LogP contribution in [0.15, 0.2) is 30.3 Å². The minimum Gasteiger partial charge on any atom is -0.350 e. The molecule has 0 bridgehead atoms. The maximum Gasteiger partial charge on any atom is 0.256 e. The molecular formula is C12H14N2OS. The molecule has 84 valence electrons. The van der Waals surface area contributed by atoms with Crippen molar-refractivity contribution in [3.63, 3.8) is 0 Å². The van der Waals surface area contributed by atoms with E-state index in [-0.39, 0.29) is 17.9 Å². The number of thiocarbonyl (C=S) groups is 1. The van der Waals surface area contributed by atoms with Gasteiger partial charge in [0.25, 0.3) is 5.91 Å². The van der Waals surface area contributed by atoms with Crippen molar-refractivity contribution < 1.29 is 4.79 Å². The minimum absolute atomic E-state index is 0.0335. The highest BCUT2D eigenvalue weighted by molar-refractivity contribution is 7.80. The number of rotatable bonds is 2. The van der Waals surface area contributed by atoms with E-state index < -0.39 is 0 Å². The van der Waals surface area contributed by atoms with Crippen LogP contribution in [0.2, 0.25) is 0 Å². The van der Waals surface area contributed by atoms with Gasteiger partial charge in [0.2, 0.25) is 0 Å². The predicted molar refractivity (Wildman–Crippen MR) is 68.3 cm³/mol. The minimum atomic E-state index is -0.201. The Morgan fingerprint density at radius 2 is 1.94 bits per heavy atom. The van der Waals surface area contributed by atoms with Gasteiger partial charge in [0.15, 0.2) is 5.11 Å². The number of nitrogens with one attached hydrogen (secondary N) is 1. The first kappa shape index (κ1) is 11.1. The molecule has 1 heterocycles. The summed E-state index contributed by atoms with van der Waals surface area (Å²) in [4.78, 5) is 13.7. The molecule has 0 aliphatic carbocycles. The van der Waals surface area contributed by atoms with Gasteiger partial charge in [-0.2, -0.15) is 0 Å². The van der Waals surface area contributed by atoms with Gasteiger partial charge in [-0.15, -0.1) is 0 Å². The van der Waals surface area contributed by atoms with Gasteiger partial charge >= 0.3 is 0 Å². The average molecular weight is 234 g/mol. The van der Waals surface area contributed by atoms with Gasteiger partial charge in [0.1, 0.15) is 6.04 Å². The molecule has 3 nitrogen and oxygen atoms in total. The SMILES string of the molecule is CC(C)[C@@H]1NC(=S)N(c2ccccc2)C1=O. The van der Waals surface area contributed by atoms with Crippen molar-refractivity contribution in [3.8, 4) is 0 Å². The van der Waals surface area contributed by atoms with Crippen molar-refractivity contribution in [1.29, 1.82) is 0 Å². The Kier molecular flexibility index (Phi) is 2.92. The van der Waals surface area contributed by atoms with Crippen molar-refractivity contribution in [2.24, 2.45) is 5.92 Å². The van der Waals surface area contributed by atoms with Crippen molar-refractivity contribution in [2.45, 2.75) is 19.9 Å². The number of nitrogens with zero attached hydrogens (tertiary/aromatic N) is 1. The van der Waals surface area contributed by atoms with Crippen LogP contribution in [0.3, 0.4) is 0 Å². The second kappa shape index (κ2) is 4.22. The van der Waals surface area contributed by atoms with Gasteiger partial charge in [0, 0.05) is 0 Å². The predicted octanol–water partition coefficient (Wildman–Crippen LogP) is 1.93. The van der Waals surface area contributed by atoms with E-state index >= 15 is 0 Å². The van der Waals surface area contributed by atoms with Crippen LogP contribution >= 0.6 is 12.2 Å². The van der Waals surface area contributed by atoms with Crippen LogP contribution in [0.25, 0.3) is 0 Å². The number of hydrogen-bond donors (Lipinski definition) is 1. The summed E-state index contributed by atoms with van der Waals surface area (Å²) in [6.45, 7) is 4.01. The number of benzene rings is 1. The summed E-state index contributed by atoms with van der Waals surface area (Å²) in [5, 5.41) is 3.55. The zero-order chi connectivity index (χ0) is 11.7. The monoisotopic (exact) mass is 234 g/mol. The standard InChI is InChI=1S/C12H14N2OS/c1-8(2)10-11(15)14(12(16)13-10)9-6-4-3-5-7-9/h3-8,10H,1-2H3,(H,13,16)/t10-/m0/s1. The van der Waals surface area contributed by atoms with Crippen LogP contribution in [-0.4, -0.2) is 17.1 Å². The van der Waals surface area contributed by atoms with Crippen LogP contribution in [0.1, 0.15) is 13.8 Å². The second-order valence-electron chi connectivity index (χ2n) is 4.18. The highest BCUT2D eigenvalue weighted by Crippen LogP contribution is 2.21. The largest absolute Gasteiger partial charge is 0.350 e. The zero-order valence-corrected chi connectivity index (χ0v) is 10.1. The quantitative estimate of drug-likeness (QED) is 0.794. The molecule has 1 amide bonds. The lowest BCUT2D eigenvalue weighted by Gasteiger charge is -2.15. The Bertz CT molecular complexity index is 416. The fourth-order valence-corrected chi connectivity index (χ4v) is 2.09. The highest BCUT2D eigenvalue weighted by Gasteiger charge is 2.37. The van der Waals surface area contributed by atoms with Gasteiger partial charge in [-0.3, -0.25) is 9.69 Å². The molecule has 1 aliphatic rings. The molecule has 1 fully saturated rings. The molecule has 1 aliphatic heterocycles. The maximum atomic E-state index is 12.1. The normalized spacial score (nSPS) is 20.4. The summed E-state index contributed by atoms with van der Waals surface area (Å²) in [7, 11) is 0. The Hall–Kier alpha value is -1.42. The van der Waals surface area contributed by atoms with E-state index in [1.165, 1.54) is 0 Å². The molecule has 0 radical (unpaired) electrons. The fraction of sp³-hybridized carbons (Fsp3) is 0.333. The molecule has 0 aromatic heterocycles. The number of hydrogen-bond acceptors (Lipinski definition) is 2. The summed E-state index contributed by atoms with van der Waals surface area (Å²) in [6.07, 6.45) is 0. The molecule has 1 saturated heterocycles. The molecule has 0 spiro atoms. The van der Waals surface area contributed by atoms with Crippen LogP contribution in [0.4, 0.5) is 5.69 Å². The van der Waals surface area contributed by atoms with E-state index in [9.17, 15) is 4.79 Å². The molecule has 1 atom stereocenters. The van der Waals surface area contributed by atoms with E-state index in [1.807, 2.05) is 44.2 Å². The highest BCUT2D eigenvalue weighted by atomic mass is 32.1. The Morgan fingerprint density at radius 1 is 1.31 bits per heavy atom. The first-order valence-corrected chi connectivity index (χ1v) is 5.71. The molecule has 4 heteroatoms. The van der Waals surface area contributed by atoms with Crippen LogP contribution in [0.5, 0.6) is 0 Å². The first-order valence-electron chi connectivity index (χ1n) is 5.31. The Morgan fingerprint density at radius 3 is 2.44 bits per heavy atom. The summed E-state index contributed by atoms with van der Waals surface area (Å²) in [5.74, 6) is 0.269. The molecule has 16 heavy (non-hydrogen) atoms. The van der Waals surface area contributed by atoms with E-state index in [2.05, 4.69) is 5.32 Å². The molecule has 1 aromatic rings. The van der Waals surface area contributed by atoms with E-state index in [0.29, 0.717) is 5.11 Å². The molecule has 0 saturated carbocycles. The van der Waals surface area contributed by atoms with Crippen molar-refractivity contribution in [3.05, 3.63) is 30.3 Å². The Balaban J connectivity index is 2.30. The van der Waals surface area contributed by atoms with E-state index in [1.54, 1.807) is 4.90 Å². The second-order valence-corrected chi connectivity index (χ2v) is 4.57. The molecular weight excluding hydrogens is 220 g/mol. The molecule has 0 unspecified atom stereocenters. The summed E-state index contributed by atoms with van der Waals surface area (Å²) in [6, 6.07) is 9.28. The van der Waals surface area contributed by atoms with Crippen LogP contribution < -0.4 is 10.2 Å². The van der Waals surface area contributed by atoms with Gasteiger partial charge in [-0.25, -0.2) is 0 Å².